The van der Waals surface area contributed by atoms with Crippen molar-refractivity contribution >= 4 is 99.3 Å². The first kappa shape index (κ1) is 32.9. The quantitative estimate of drug-likeness (QED) is 0.176. The van der Waals surface area contributed by atoms with E-state index >= 15 is 0 Å². The fourth-order valence-electron chi connectivity index (χ4n) is 9.80. The Hall–Kier alpha value is -8.10. The number of hydrogen-bond acceptors (Lipinski definition) is 2. The van der Waals surface area contributed by atoms with Crippen molar-refractivity contribution in [2.24, 2.45) is 14.1 Å². The van der Waals surface area contributed by atoms with Crippen LogP contribution >= 0.6 is 0 Å². The lowest BCUT2D eigenvalue weighted by atomic mass is 10.1. The van der Waals surface area contributed by atoms with E-state index in [2.05, 4.69) is 211 Å². The minimum absolute atomic E-state index is 0.942. The molecule has 0 atom stereocenters. The van der Waals surface area contributed by atoms with E-state index in [1.165, 1.54) is 60.2 Å². The van der Waals surface area contributed by atoms with Crippen molar-refractivity contribution in [3.8, 4) is 11.4 Å². The van der Waals surface area contributed by atoms with E-state index in [1.54, 1.807) is 0 Å². The number of para-hydroxylation sites is 9. The van der Waals surface area contributed by atoms with E-state index in [9.17, 15) is 0 Å². The maximum Gasteiger partial charge on any atom is 0.220 e. The predicted molar refractivity (Wildman–Crippen MR) is 247 cm³/mol. The molecule has 0 spiro atoms. The highest BCUT2D eigenvalue weighted by atomic mass is 15.2. The zero-order valence-electron chi connectivity index (χ0n) is 32.9. The molecule has 0 amide bonds. The molecule has 0 saturated carbocycles. The minimum atomic E-state index is 0.942. The standard InChI is InChI=1S/2C26H18N4/c1-28-24-15-14-17(16-25(24)30-23-13-7-4-10-20(23)27-26(28)30)29-21-11-5-2-8-18(21)19-9-3-6-12-22(19)29;1-28-21-10-4-2-8-18(21)19-16-17(14-15-22(19)28)29-24-12-6-7-13-25(24)30-23-11-5-3-9-20(23)27-26(29)30/h2*2-16H,1H3. The Balaban J connectivity index is 0.000000123. The van der Waals surface area contributed by atoms with Gasteiger partial charge in [0.15, 0.2) is 0 Å². The maximum absolute atomic E-state index is 5.00. The lowest BCUT2D eigenvalue weighted by Gasteiger charge is -2.08. The minimum Gasteiger partial charge on any atom is -0.344 e. The third-order valence-corrected chi connectivity index (χ3v) is 12.5. The molecule has 0 unspecified atom stereocenters. The van der Waals surface area contributed by atoms with Gasteiger partial charge in [0.25, 0.3) is 0 Å². The Kier molecular flexibility index (Phi) is 6.70. The van der Waals surface area contributed by atoms with Gasteiger partial charge in [-0.25, -0.2) is 9.97 Å². The van der Waals surface area contributed by atoms with E-state index in [4.69, 9.17) is 9.97 Å². The third-order valence-electron chi connectivity index (χ3n) is 12.5. The van der Waals surface area contributed by atoms with Gasteiger partial charge in [-0.2, -0.15) is 0 Å². The summed E-state index contributed by atoms with van der Waals surface area (Å²) in [5, 5.41) is 5.09. The van der Waals surface area contributed by atoms with E-state index in [0.29, 0.717) is 0 Å². The average molecular weight is 773 g/mol. The van der Waals surface area contributed by atoms with Crippen LogP contribution in [0.1, 0.15) is 0 Å². The molecule has 6 heterocycles. The van der Waals surface area contributed by atoms with Crippen LogP contribution in [0.4, 0.5) is 0 Å². The summed E-state index contributed by atoms with van der Waals surface area (Å²) in [6.45, 7) is 0. The third kappa shape index (κ3) is 4.44. The van der Waals surface area contributed by atoms with Crippen LogP contribution in [0.15, 0.2) is 182 Å². The molecule has 0 saturated heterocycles. The number of rotatable bonds is 2. The Morgan fingerprint density at radius 3 is 1.40 bits per heavy atom. The Labute approximate surface area is 342 Å². The summed E-state index contributed by atoms with van der Waals surface area (Å²) in [4.78, 5) is 9.86. The number of benzene rings is 8. The van der Waals surface area contributed by atoms with Crippen molar-refractivity contribution in [2.45, 2.75) is 0 Å². The Bertz CT molecular complexity index is 4000. The smallest absolute Gasteiger partial charge is 0.220 e. The molecule has 14 rings (SSSR count). The van der Waals surface area contributed by atoms with Crippen molar-refractivity contribution in [3.05, 3.63) is 182 Å². The maximum atomic E-state index is 5.00. The van der Waals surface area contributed by atoms with Crippen LogP contribution in [-0.2, 0) is 14.1 Å². The van der Waals surface area contributed by atoms with Crippen LogP contribution in [0.25, 0.3) is 111 Å². The predicted octanol–water partition coefficient (Wildman–Crippen LogP) is 12.2. The van der Waals surface area contributed by atoms with Gasteiger partial charge >= 0.3 is 0 Å². The Morgan fingerprint density at radius 1 is 0.300 bits per heavy atom. The molecule has 0 aliphatic rings. The second kappa shape index (κ2) is 12.2. The van der Waals surface area contributed by atoms with Crippen LogP contribution in [0.2, 0.25) is 0 Å². The molecule has 8 heteroatoms. The summed E-state index contributed by atoms with van der Waals surface area (Å²) in [6.07, 6.45) is 0. The van der Waals surface area contributed by atoms with Gasteiger partial charge in [0, 0.05) is 58.0 Å². The lowest BCUT2D eigenvalue weighted by Crippen LogP contribution is -1.95. The summed E-state index contributed by atoms with van der Waals surface area (Å²) >= 11 is 0. The first-order valence-corrected chi connectivity index (χ1v) is 20.3. The van der Waals surface area contributed by atoms with Crippen LogP contribution in [0, 0.1) is 0 Å². The molecule has 60 heavy (non-hydrogen) atoms. The molecular weight excluding hydrogens is 737 g/mol. The monoisotopic (exact) mass is 772 g/mol. The van der Waals surface area contributed by atoms with Crippen LogP contribution in [-0.4, -0.2) is 37.0 Å². The normalized spacial score (nSPS) is 12.2. The molecule has 0 bridgehead atoms. The first-order valence-electron chi connectivity index (χ1n) is 20.3. The molecule has 0 N–H and O–H groups in total. The largest absolute Gasteiger partial charge is 0.344 e. The molecule has 0 fully saturated rings. The van der Waals surface area contributed by atoms with Gasteiger partial charge < -0.3 is 13.7 Å². The van der Waals surface area contributed by atoms with Gasteiger partial charge in [0.1, 0.15) is 0 Å². The second-order valence-electron chi connectivity index (χ2n) is 15.7. The molecule has 6 aromatic heterocycles. The van der Waals surface area contributed by atoms with Crippen LogP contribution < -0.4 is 0 Å². The van der Waals surface area contributed by atoms with Gasteiger partial charge in [-0.1, -0.05) is 91.0 Å². The van der Waals surface area contributed by atoms with Gasteiger partial charge in [-0.3, -0.25) is 13.4 Å². The topological polar surface area (TPSA) is 54.3 Å². The summed E-state index contributed by atoms with van der Waals surface area (Å²) in [5.74, 6) is 1.91. The fraction of sp³-hybridized carbons (Fsp3) is 0.0385. The lowest BCUT2D eigenvalue weighted by molar-refractivity contribution is 0.973. The van der Waals surface area contributed by atoms with E-state index in [-0.39, 0.29) is 0 Å². The van der Waals surface area contributed by atoms with Gasteiger partial charge in [0.05, 0.1) is 55.2 Å². The van der Waals surface area contributed by atoms with Gasteiger partial charge in [-0.15, -0.1) is 0 Å². The number of aromatic nitrogens is 8. The van der Waals surface area contributed by atoms with Crippen molar-refractivity contribution in [2.75, 3.05) is 0 Å². The highest BCUT2D eigenvalue weighted by Gasteiger charge is 2.19. The summed E-state index contributed by atoms with van der Waals surface area (Å²) in [6, 6.07) is 64.5. The summed E-state index contributed by atoms with van der Waals surface area (Å²) in [7, 11) is 4.22. The Morgan fingerprint density at radius 2 is 0.750 bits per heavy atom. The highest BCUT2D eigenvalue weighted by molar-refractivity contribution is 6.10. The second-order valence-corrected chi connectivity index (χ2v) is 15.7. The number of fused-ring (bicyclic) bond motifs is 16. The molecular formula is C52H36N8. The van der Waals surface area contributed by atoms with Crippen molar-refractivity contribution in [1.82, 2.24) is 37.0 Å². The molecule has 0 radical (unpaired) electrons. The number of hydrogen-bond donors (Lipinski definition) is 0. The molecule has 0 aliphatic carbocycles. The first-order chi connectivity index (χ1) is 29.6. The van der Waals surface area contributed by atoms with Crippen LogP contribution in [0.5, 0.6) is 0 Å². The number of aryl methyl sites for hydroxylation is 2. The highest BCUT2D eigenvalue weighted by Crippen LogP contribution is 2.36. The SMILES string of the molecule is Cn1c2ccc(-n3c4ccccc4c4ccccc43)cc2n2c3ccccc3nc12.Cn1c2ccccc2c2cc(-n3c4ccccc4n4c5ccccc5nc34)ccc21. The molecule has 14 aromatic rings. The molecule has 8 aromatic carbocycles. The van der Waals surface area contributed by atoms with Crippen molar-refractivity contribution in [3.63, 3.8) is 0 Å². The zero-order chi connectivity index (χ0) is 39.6. The number of imidazole rings is 4. The zero-order valence-corrected chi connectivity index (χ0v) is 32.9. The summed E-state index contributed by atoms with van der Waals surface area (Å²) < 4.78 is 13.6. The van der Waals surface area contributed by atoms with Gasteiger partial charge in [-0.05, 0) is 91.0 Å². The molecule has 284 valence electrons. The molecule has 0 aliphatic heterocycles. The van der Waals surface area contributed by atoms with Crippen molar-refractivity contribution in [1.29, 1.82) is 0 Å². The fourth-order valence-corrected chi connectivity index (χ4v) is 9.80. The van der Waals surface area contributed by atoms with E-state index < -0.39 is 0 Å². The van der Waals surface area contributed by atoms with E-state index in [1.807, 2.05) is 12.1 Å². The summed E-state index contributed by atoms with van der Waals surface area (Å²) in [5.41, 5.74) is 16.2. The van der Waals surface area contributed by atoms with Gasteiger partial charge in [0.2, 0.25) is 11.6 Å². The van der Waals surface area contributed by atoms with Crippen molar-refractivity contribution < 1.29 is 0 Å². The van der Waals surface area contributed by atoms with Crippen LogP contribution in [0.3, 0.4) is 0 Å². The molecule has 8 nitrogen and oxygen atoms in total. The number of nitrogens with zero attached hydrogens (tertiary/aromatic N) is 8. The average Bonchev–Trinajstić information content (AvgIpc) is 4.13. The van der Waals surface area contributed by atoms with E-state index in [0.717, 1.165) is 50.5 Å².